The molecule has 0 saturated carbocycles. The quantitative estimate of drug-likeness (QED) is 0.656. The van der Waals surface area contributed by atoms with Gasteiger partial charge in [0.25, 0.3) is 5.56 Å². The number of hydrogen-bond donors (Lipinski definition) is 0. The highest BCUT2D eigenvalue weighted by Crippen LogP contribution is 2.22. The van der Waals surface area contributed by atoms with Gasteiger partial charge in [0.05, 0.1) is 13.1 Å². The lowest BCUT2D eigenvalue weighted by Crippen LogP contribution is -2.37. The van der Waals surface area contributed by atoms with Crippen LogP contribution in [0.4, 0.5) is 0 Å². The lowest BCUT2D eigenvalue weighted by Gasteiger charge is -2.30. The van der Waals surface area contributed by atoms with Gasteiger partial charge in [-0.15, -0.1) is 0 Å². The van der Waals surface area contributed by atoms with Crippen LogP contribution in [0.5, 0.6) is 0 Å². The van der Waals surface area contributed by atoms with E-state index in [4.69, 9.17) is 16.6 Å². The second-order valence-corrected chi connectivity index (χ2v) is 8.47. The molecule has 0 aliphatic carbocycles. The van der Waals surface area contributed by atoms with E-state index >= 15 is 0 Å². The summed E-state index contributed by atoms with van der Waals surface area (Å²) in [6.07, 6.45) is 2.40. The molecule has 1 aliphatic heterocycles. The van der Waals surface area contributed by atoms with E-state index in [9.17, 15) is 9.59 Å². The monoisotopic (exact) mass is 415 g/mol. The van der Waals surface area contributed by atoms with Crippen LogP contribution in [0, 0.1) is 5.92 Å². The molecule has 154 valence electrons. The maximum absolute atomic E-state index is 13.0. The van der Waals surface area contributed by atoms with Crippen LogP contribution in [0.15, 0.2) is 33.9 Å². The van der Waals surface area contributed by atoms with Crippen molar-refractivity contribution < 1.29 is 0 Å². The van der Waals surface area contributed by atoms with Crippen molar-refractivity contribution in [2.45, 2.75) is 32.9 Å². The Balaban J connectivity index is 1.88. The molecule has 0 radical (unpaired) electrons. The third kappa shape index (κ3) is 3.65. The first-order valence-electron chi connectivity index (χ1n) is 9.97. The number of nitrogens with zero attached hydrogens (tertiary/aromatic N) is 5. The normalized spacial score (nSPS) is 17.9. The minimum atomic E-state index is -0.372. The molecule has 0 bridgehead atoms. The lowest BCUT2D eigenvalue weighted by atomic mass is 10.0. The number of rotatable bonds is 4. The fourth-order valence-electron chi connectivity index (χ4n) is 4.21. The van der Waals surface area contributed by atoms with Crippen LogP contribution in [0.25, 0.3) is 11.2 Å². The van der Waals surface area contributed by atoms with Crippen LogP contribution in [0.1, 0.15) is 31.2 Å². The molecule has 1 unspecified atom stereocenters. The second-order valence-electron chi connectivity index (χ2n) is 8.07. The summed E-state index contributed by atoms with van der Waals surface area (Å²) >= 11 is 6.40. The molecule has 4 rings (SSSR count). The van der Waals surface area contributed by atoms with Crippen LogP contribution in [0.2, 0.25) is 5.02 Å². The van der Waals surface area contributed by atoms with Gasteiger partial charge in [-0.1, -0.05) is 36.7 Å². The number of fused-ring (bicyclic) bond motifs is 1. The van der Waals surface area contributed by atoms with E-state index in [1.54, 1.807) is 7.05 Å². The Bertz CT molecular complexity index is 1180. The number of benzene rings is 1. The summed E-state index contributed by atoms with van der Waals surface area (Å²) in [5, 5.41) is 0.647. The van der Waals surface area contributed by atoms with Crippen molar-refractivity contribution in [2.24, 2.45) is 20.0 Å². The highest BCUT2D eigenvalue weighted by molar-refractivity contribution is 6.31. The smallest absolute Gasteiger partial charge is 0.316 e. The van der Waals surface area contributed by atoms with Gasteiger partial charge in [-0.3, -0.25) is 18.8 Å². The van der Waals surface area contributed by atoms with E-state index in [1.807, 2.05) is 28.8 Å². The van der Waals surface area contributed by atoms with E-state index in [-0.39, 0.29) is 11.2 Å². The zero-order valence-electron chi connectivity index (χ0n) is 17.1. The van der Waals surface area contributed by atoms with Crippen LogP contribution >= 0.6 is 11.6 Å². The summed E-state index contributed by atoms with van der Waals surface area (Å²) in [5.41, 5.74) is 1.07. The third-order valence-corrected chi connectivity index (χ3v) is 6.19. The van der Waals surface area contributed by atoms with Gasteiger partial charge in [0.1, 0.15) is 5.82 Å². The molecule has 29 heavy (non-hydrogen) atoms. The van der Waals surface area contributed by atoms with Crippen molar-refractivity contribution in [2.75, 3.05) is 13.1 Å². The van der Waals surface area contributed by atoms with Gasteiger partial charge in [0, 0.05) is 25.7 Å². The van der Waals surface area contributed by atoms with Crippen molar-refractivity contribution in [1.29, 1.82) is 0 Å². The summed E-state index contributed by atoms with van der Waals surface area (Å²) in [4.78, 5) is 32.5. The molecule has 1 atom stereocenters. The van der Waals surface area contributed by atoms with Gasteiger partial charge >= 0.3 is 5.69 Å². The minimum absolute atomic E-state index is 0.332. The Morgan fingerprint density at radius 2 is 1.90 bits per heavy atom. The van der Waals surface area contributed by atoms with Crippen LogP contribution in [0.3, 0.4) is 0 Å². The van der Waals surface area contributed by atoms with E-state index in [1.165, 1.54) is 18.0 Å². The highest BCUT2D eigenvalue weighted by atomic mass is 35.5. The lowest BCUT2D eigenvalue weighted by molar-refractivity contribution is 0.171. The van der Waals surface area contributed by atoms with Gasteiger partial charge in [-0.05, 0) is 36.9 Å². The average molecular weight is 416 g/mol. The maximum Gasteiger partial charge on any atom is 0.332 e. The van der Waals surface area contributed by atoms with Crippen molar-refractivity contribution in [3.8, 4) is 0 Å². The van der Waals surface area contributed by atoms with E-state index in [0.29, 0.717) is 35.2 Å². The number of aryl methyl sites for hydroxylation is 1. The molecule has 3 heterocycles. The fourth-order valence-corrected chi connectivity index (χ4v) is 4.41. The Morgan fingerprint density at radius 1 is 1.14 bits per heavy atom. The predicted molar refractivity (Wildman–Crippen MR) is 114 cm³/mol. The van der Waals surface area contributed by atoms with Crippen molar-refractivity contribution >= 4 is 22.8 Å². The number of aromatic nitrogens is 4. The van der Waals surface area contributed by atoms with Gasteiger partial charge in [-0.2, -0.15) is 0 Å². The molecule has 3 aromatic rings. The zero-order valence-corrected chi connectivity index (χ0v) is 17.8. The Kier molecular flexibility index (Phi) is 5.36. The molecular weight excluding hydrogens is 390 g/mol. The molecule has 1 aromatic carbocycles. The SMILES string of the molecule is CC1CCCN(Cc2nc3c(c(=O)n(C)c(=O)n3C)n2Cc2ccccc2Cl)C1. The van der Waals surface area contributed by atoms with E-state index in [0.717, 1.165) is 35.5 Å². The molecule has 2 aromatic heterocycles. The van der Waals surface area contributed by atoms with Crippen molar-refractivity contribution in [1.82, 2.24) is 23.6 Å². The topological polar surface area (TPSA) is 65.1 Å². The Labute approximate surface area is 174 Å². The number of hydrogen-bond acceptors (Lipinski definition) is 4. The van der Waals surface area contributed by atoms with Gasteiger partial charge < -0.3 is 4.57 Å². The molecule has 1 aliphatic rings. The standard InChI is InChI=1S/C21H26ClN5O2/c1-14-7-6-10-26(11-14)13-17-23-19-18(20(28)25(3)21(29)24(19)2)27(17)12-15-8-4-5-9-16(15)22/h4-5,8-9,14H,6-7,10-13H2,1-3H3. The van der Waals surface area contributed by atoms with Gasteiger partial charge in [-0.25, -0.2) is 9.78 Å². The van der Waals surface area contributed by atoms with Crippen molar-refractivity contribution in [3.63, 3.8) is 0 Å². The van der Waals surface area contributed by atoms with Crippen LogP contribution in [-0.2, 0) is 27.2 Å². The molecule has 8 heteroatoms. The minimum Gasteiger partial charge on any atom is -0.316 e. The molecule has 0 N–H and O–H groups in total. The summed E-state index contributed by atoms with van der Waals surface area (Å²) in [6, 6.07) is 7.61. The van der Waals surface area contributed by atoms with E-state index in [2.05, 4.69) is 11.8 Å². The molecular formula is C21H26ClN5O2. The summed E-state index contributed by atoms with van der Waals surface area (Å²) in [5.74, 6) is 1.43. The largest absolute Gasteiger partial charge is 0.332 e. The number of piperidine rings is 1. The molecule has 7 nitrogen and oxygen atoms in total. The molecule has 1 saturated heterocycles. The number of likely N-dealkylation sites (tertiary alicyclic amines) is 1. The van der Waals surface area contributed by atoms with E-state index < -0.39 is 0 Å². The number of imidazole rings is 1. The van der Waals surface area contributed by atoms with Gasteiger partial charge in [0.2, 0.25) is 0 Å². The molecule has 1 fully saturated rings. The first kappa shape index (κ1) is 19.9. The summed E-state index contributed by atoms with van der Waals surface area (Å²) in [6.45, 7) is 5.35. The van der Waals surface area contributed by atoms with Gasteiger partial charge in [0.15, 0.2) is 11.2 Å². The summed E-state index contributed by atoms with van der Waals surface area (Å²) < 4.78 is 4.51. The Morgan fingerprint density at radius 3 is 2.62 bits per heavy atom. The average Bonchev–Trinajstić information content (AvgIpc) is 3.04. The van der Waals surface area contributed by atoms with Crippen LogP contribution in [-0.4, -0.2) is 36.7 Å². The molecule has 0 amide bonds. The second kappa shape index (κ2) is 7.80. The molecule has 0 spiro atoms. The maximum atomic E-state index is 13.0. The predicted octanol–water partition coefficient (Wildman–Crippen LogP) is 2.37. The van der Waals surface area contributed by atoms with Crippen LogP contribution < -0.4 is 11.2 Å². The number of halogens is 1. The first-order chi connectivity index (χ1) is 13.9. The Hall–Kier alpha value is -2.38. The fraction of sp³-hybridized carbons (Fsp3) is 0.476. The zero-order chi connectivity index (χ0) is 20.7. The first-order valence-corrected chi connectivity index (χ1v) is 10.4. The third-order valence-electron chi connectivity index (χ3n) is 5.82. The highest BCUT2D eigenvalue weighted by Gasteiger charge is 2.23. The summed E-state index contributed by atoms with van der Waals surface area (Å²) in [7, 11) is 3.16. The van der Waals surface area contributed by atoms with Crippen molar-refractivity contribution in [3.05, 3.63) is 61.5 Å².